The van der Waals surface area contributed by atoms with Crippen LogP contribution < -0.4 is 0 Å². The van der Waals surface area contributed by atoms with E-state index in [1.165, 1.54) is 6.42 Å². The van der Waals surface area contributed by atoms with Crippen LogP contribution in [0.2, 0.25) is 0 Å². The molecular formula is C12H24N2O3. The number of ether oxygens (including phenoxy) is 1. The summed E-state index contributed by atoms with van der Waals surface area (Å²) in [5.74, 6) is -0.219. The summed E-state index contributed by atoms with van der Waals surface area (Å²) in [6.07, 6.45) is 0.497. The highest BCUT2D eigenvalue weighted by Crippen LogP contribution is 2.15. The van der Waals surface area contributed by atoms with Crippen LogP contribution in [0.25, 0.3) is 0 Å². The Kier molecular flexibility index (Phi) is 5.88. The van der Waals surface area contributed by atoms with Crippen molar-refractivity contribution < 1.29 is 14.6 Å². The lowest BCUT2D eigenvalue weighted by Crippen LogP contribution is -2.39. The van der Waals surface area contributed by atoms with Gasteiger partial charge in [-0.05, 0) is 39.9 Å². The van der Waals surface area contributed by atoms with Crippen LogP contribution in [0.1, 0.15) is 13.3 Å². The summed E-state index contributed by atoms with van der Waals surface area (Å²) in [6.45, 7) is 5.92. The normalized spacial score (nSPS) is 23.2. The Morgan fingerprint density at radius 3 is 2.82 bits per heavy atom. The molecule has 1 saturated heterocycles. The Hall–Kier alpha value is -0.650. The van der Waals surface area contributed by atoms with Gasteiger partial charge >= 0.3 is 5.97 Å². The van der Waals surface area contributed by atoms with E-state index in [-0.39, 0.29) is 0 Å². The summed E-state index contributed by atoms with van der Waals surface area (Å²) in [4.78, 5) is 15.3. The van der Waals surface area contributed by atoms with Crippen molar-refractivity contribution in [3.05, 3.63) is 0 Å². The smallest absolute Gasteiger partial charge is 0.334 e. The molecule has 2 unspecified atom stereocenters. The number of hydrogen-bond acceptors (Lipinski definition) is 4. The minimum Gasteiger partial charge on any atom is -0.479 e. The van der Waals surface area contributed by atoms with Crippen molar-refractivity contribution in [2.75, 3.05) is 46.9 Å². The fourth-order valence-electron chi connectivity index (χ4n) is 2.38. The van der Waals surface area contributed by atoms with Gasteiger partial charge in [0.1, 0.15) is 0 Å². The molecule has 100 valence electrons. The van der Waals surface area contributed by atoms with Crippen LogP contribution in [-0.4, -0.2) is 73.9 Å². The first-order valence-corrected chi connectivity index (χ1v) is 6.24. The monoisotopic (exact) mass is 244 g/mol. The van der Waals surface area contributed by atoms with E-state index in [0.29, 0.717) is 19.1 Å². The molecule has 0 aromatic rings. The molecule has 0 aromatic heterocycles. The molecule has 1 rings (SSSR count). The highest BCUT2D eigenvalue weighted by atomic mass is 16.5. The zero-order valence-electron chi connectivity index (χ0n) is 11.1. The lowest BCUT2D eigenvalue weighted by Gasteiger charge is -2.24. The van der Waals surface area contributed by atoms with E-state index in [2.05, 4.69) is 16.8 Å². The molecule has 5 nitrogen and oxygen atoms in total. The summed E-state index contributed by atoms with van der Waals surface area (Å²) in [7, 11) is 4.09. The van der Waals surface area contributed by atoms with Crippen molar-refractivity contribution in [2.45, 2.75) is 19.4 Å². The summed E-state index contributed by atoms with van der Waals surface area (Å²) < 4.78 is 5.21. The van der Waals surface area contributed by atoms with E-state index < -0.39 is 12.1 Å². The first-order valence-electron chi connectivity index (χ1n) is 6.24. The van der Waals surface area contributed by atoms with Crippen molar-refractivity contribution in [3.63, 3.8) is 0 Å². The number of carboxylic acids is 1. The van der Waals surface area contributed by atoms with Crippen molar-refractivity contribution in [3.8, 4) is 0 Å². The quantitative estimate of drug-likeness (QED) is 0.701. The fourth-order valence-corrected chi connectivity index (χ4v) is 2.38. The van der Waals surface area contributed by atoms with Crippen LogP contribution in [0, 0.1) is 5.92 Å². The second kappa shape index (κ2) is 6.93. The molecule has 0 aromatic carbocycles. The topological polar surface area (TPSA) is 53.0 Å². The number of rotatable bonds is 7. The third-order valence-corrected chi connectivity index (χ3v) is 3.18. The van der Waals surface area contributed by atoms with Crippen molar-refractivity contribution in [2.24, 2.45) is 5.92 Å². The maximum absolute atomic E-state index is 11.0. The molecule has 0 spiro atoms. The minimum absolute atomic E-state index is 0.441. The fraction of sp³-hybridized carbons (Fsp3) is 0.917. The van der Waals surface area contributed by atoms with Gasteiger partial charge in [0.15, 0.2) is 6.10 Å². The molecule has 1 aliphatic rings. The average Bonchev–Trinajstić information content (AvgIpc) is 2.63. The van der Waals surface area contributed by atoms with Crippen LogP contribution >= 0.6 is 0 Å². The number of nitrogens with zero attached hydrogens (tertiary/aromatic N) is 2. The van der Waals surface area contributed by atoms with Crippen LogP contribution in [0.15, 0.2) is 0 Å². The molecule has 1 aliphatic heterocycles. The van der Waals surface area contributed by atoms with Crippen molar-refractivity contribution >= 4 is 5.97 Å². The molecule has 1 fully saturated rings. The Morgan fingerprint density at radius 1 is 1.65 bits per heavy atom. The Bertz CT molecular complexity index is 248. The summed E-state index contributed by atoms with van der Waals surface area (Å²) in [5, 5.41) is 9.00. The van der Waals surface area contributed by atoms with E-state index in [1.54, 1.807) is 0 Å². The second-order valence-electron chi connectivity index (χ2n) is 4.92. The standard InChI is InChI=1S/C12H24N2O3/c1-4-17-11(12(15)16)9-14(3)8-10-5-6-13(2)7-10/h10-11H,4-9H2,1-3H3,(H,15,16). The largest absolute Gasteiger partial charge is 0.479 e. The average molecular weight is 244 g/mol. The lowest BCUT2D eigenvalue weighted by atomic mass is 10.1. The molecule has 0 bridgehead atoms. The van der Waals surface area contributed by atoms with Gasteiger partial charge in [0.25, 0.3) is 0 Å². The van der Waals surface area contributed by atoms with Gasteiger partial charge in [-0.15, -0.1) is 0 Å². The number of likely N-dealkylation sites (N-methyl/N-ethyl adjacent to an activating group) is 1. The molecule has 0 saturated carbocycles. The Labute approximate surface area is 103 Å². The van der Waals surface area contributed by atoms with Gasteiger partial charge < -0.3 is 19.6 Å². The highest BCUT2D eigenvalue weighted by Gasteiger charge is 2.24. The maximum atomic E-state index is 11.0. The number of hydrogen-bond donors (Lipinski definition) is 1. The van der Waals surface area contributed by atoms with Gasteiger partial charge in [-0.25, -0.2) is 4.79 Å². The number of carbonyl (C=O) groups is 1. The number of aliphatic carboxylic acids is 1. The second-order valence-corrected chi connectivity index (χ2v) is 4.92. The molecule has 2 atom stereocenters. The molecule has 0 radical (unpaired) electrons. The zero-order valence-corrected chi connectivity index (χ0v) is 11.1. The van der Waals surface area contributed by atoms with Gasteiger partial charge in [-0.3, -0.25) is 0 Å². The minimum atomic E-state index is -0.873. The first kappa shape index (κ1) is 14.4. The van der Waals surface area contributed by atoms with Crippen LogP contribution in [0.3, 0.4) is 0 Å². The third kappa shape index (κ3) is 5.02. The molecule has 5 heteroatoms. The van der Waals surface area contributed by atoms with Crippen LogP contribution in [0.5, 0.6) is 0 Å². The SMILES string of the molecule is CCOC(CN(C)CC1CCN(C)C1)C(=O)O. The molecule has 0 aliphatic carbocycles. The van der Waals surface area contributed by atoms with Crippen LogP contribution in [-0.2, 0) is 9.53 Å². The van der Waals surface area contributed by atoms with E-state index in [4.69, 9.17) is 9.84 Å². The zero-order chi connectivity index (χ0) is 12.8. The van der Waals surface area contributed by atoms with E-state index in [0.717, 1.165) is 19.6 Å². The predicted molar refractivity (Wildman–Crippen MR) is 66.2 cm³/mol. The van der Waals surface area contributed by atoms with Gasteiger partial charge in [0, 0.05) is 26.2 Å². The number of carboxylic acid groups (broad SMARTS) is 1. The van der Waals surface area contributed by atoms with Crippen molar-refractivity contribution in [1.29, 1.82) is 0 Å². The summed E-state index contributed by atoms with van der Waals surface area (Å²) >= 11 is 0. The van der Waals surface area contributed by atoms with Crippen molar-refractivity contribution in [1.82, 2.24) is 9.80 Å². The summed E-state index contributed by atoms with van der Waals surface area (Å²) in [5.41, 5.74) is 0. The molecule has 0 amide bonds. The van der Waals surface area contributed by atoms with Crippen LogP contribution in [0.4, 0.5) is 0 Å². The van der Waals surface area contributed by atoms with E-state index >= 15 is 0 Å². The third-order valence-electron chi connectivity index (χ3n) is 3.18. The highest BCUT2D eigenvalue weighted by molar-refractivity contribution is 5.72. The molecule has 1 N–H and O–H groups in total. The number of likely N-dealkylation sites (tertiary alicyclic amines) is 1. The Balaban J connectivity index is 2.31. The summed E-state index contributed by atoms with van der Waals surface area (Å²) in [6, 6.07) is 0. The van der Waals surface area contributed by atoms with Gasteiger partial charge in [-0.2, -0.15) is 0 Å². The van der Waals surface area contributed by atoms with Gasteiger partial charge in [0.2, 0.25) is 0 Å². The predicted octanol–water partition coefficient (Wildman–Crippen LogP) is 0.360. The maximum Gasteiger partial charge on any atom is 0.334 e. The molecule has 17 heavy (non-hydrogen) atoms. The Morgan fingerprint density at radius 2 is 2.35 bits per heavy atom. The lowest BCUT2D eigenvalue weighted by molar-refractivity contribution is -0.151. The van der Waals surface area contributed by atoms with Gasteiger partial charge in [0.05, 0.1) is 0 Å². The van der Waals surface area contributed by atoms with Gasteiger partial charge in [-0.1, -0.05) is 0 Å². The van der Waals surface area contributed by atoms with E-state index in [9.17, 15) is 4.79 Å². The molecule has 1 heterocycles. The first-order chi connectivity index (χ1) is 8.02. The van der Waals surface area contributed by atoms with E-state index in [1.807, 2.05) is 14.0 Å². The molecular weight excluding hydrogens is 220 g/mol.